The van der Waals surface area contributed by atoms with Gasteiger partial charge in [-0.15, -0.1) is 0 Å². The first-order chi connectivity index (χ1) is 11.3. The zero-order valence-corrected chi connectivity index (χ0v) is 13.0. The maximum atomic E-state index is 12.2. The first-order valence-electron chi connectivity index (χ1n) is 7.34. The molecule has 3 N–H and O–H groups in total. The number of aryl methyl sites for hydroxylation is 1. The lowest BCUT2D eigenvalue weighted by atomic mass is 10.1. The number of carbonyl (C=O) groups is 2. The van der Waals surface area contributed by atoms with Gasteiger partial charge in [-0.25, -0.2) is 0 Å². The van der Waals surface area contributed by atoms with Crippen molar-refractivity contribution >= 4 is 17.5 Å². The number of morpholine rings is 1. The summed E-state index contributed by atoms with van der Waals surface area (Å²) in [4.78, 5) is 23.9. The van der Waals surface area contributed by atoms with E-state index in [1.165, 1.54) is 12.1 Å². The van der Waals surface area contributed by atoms with Crippen molar-refractivity contribution in [1.82, 2.24) is 10.6 Å². The Morgan fingerprint density at radius 3 is 2.75 bits per heavy atom. The van der Waals surface area contributed by atoms with Crippen LogP contribution in [0.4, 0.5) is 18.9 Å². The minimum absolute atomic E-state index is 0.0352. The second kappa shape index (κ2) is 7.63. The molecule has 1 heterocycles. The quantitative estimate of drug-likeness (QED) is 0.767. The molecule has 1 aromatic carbocycles. The average Bonchev–Trinajstić information content (AvgIpc) is 2.54. The van der Waals surface area contributed by atoms with E-state index in [4.69, 9.17) is 4.74 Å². The maximum Gasteiger partial charge on any atom is 0.405 e. The highest BCUT2D eigenvalue weighted by Gasteiger charge is 2.28. The van der Waals surface area contributed by atoms with Crippen molar-refractivity contribution in [3.8, 4) is 0 Å². The lowest BCUT2D eigenvalue weighted by Crippen LogP contribution is -2.48. The van der Waals surface area contributed by atoms with E-state index in [2.05, 4.69) is 10.6 Å². The molecule has 2 amide bonds. The molecule has 1 unspecified atom stereocenters. The normalized spacial score (nSPS) is 18.1. The van der Waals surface area contributed by atoms with E-state index in [0.29, 0.717) is 24.4 Å². The summed E-state index contributed by atoms with van der Waals surface area (Å²) in [5, 5.41) is 7.45. The fourth-order valence-corrected chi connectivity index (χ4v) is 2.13. The summed E-state index contributed by atoms with van der Waals surface area (Å²) in [7, 11) is 0. The number of amides is 2. The highest BCUT2D eigenvalue weighted by Crippen LogP contribution is 2.18. The van der Waals surface area contributed by atoms with Crippen LogP contribution in [0.15, 0.2) is 18.2 Å². The number of hydrogen-bond donors (Lipinski definition) is 3. The number of ether oxygens (including phenoxy) is 1. The van der Waals surface area contributed by atoms with Gasteiger partial charge < -0.3 is 20.7 Å². The highest BCUT2D eigenvalue weighted by molar-refractivity contribution is 5.99. The predicted molar refractivity (Wildman–Crippen MR) is 80.8 cm³/mol. The average molecular weight is 345 g/mol. The number of halogens is 3. The first kappa shape index (κ1) is 18.2. The number of hydrogen-bond acceptors (Lipinski definition) is 4. The van der Waals surface area contributed by atoms with E-state index >= 15 is 0 Å². The summed E-state index contributed by atoms with van der Waals surface area (Å²) in [5.74, 6) is -1.19. The van der Waals surface area contributed by atoms with Gasteiger partial charge in [-0.3, -0.25) is 9.59 Å². The van der Waals surface area contributed by atoms with Gasteiger partial charge in [0.2, 0.25) is 5.91 Å². The Morgan fingerprint density at radius 2 is 2.12 bits per heavy atom. The molecule has 0 aromatic heterocycles. The molecule has 1 atom stereocenters. The van der Waals surface area contributed by atoms with Crippen LogP contribution < -0.4 is 16.0 Å². The van der Waals surface area contributed by atoms with E-state index in [1.807, 2.05) is 0 Å². The number of carbonyl (C=O) groups excluding carboxylic acids is 2. The van der Waals surface area contributed by atoms with Gasteiger partial charge in [0.15, 0.2) is 0 Å². The molecule has 1 aliphatic heterocycles. The minimum Gasteiger partial charge on any atom is -0.378 e. The van der Waals surface area contributed by atoms with Crippen molar-refractivity contribution in [1.29, 1.82) is 0 Å². The molecular weight excluding hydrogens is 327 g/mol. The van der Waals surface area contributed by atoms with Crippen LogP contribution in [0.5, 0.6) is 0 Å². The van der Waals surface area contributed by atoms with Crippen molar-refractivity contribution in [2.45, 2.75) is 19.1 Å². The molecular formula is C15H18F3N3O3. The molecule has 6 nitrogen and oxygen atoms in total. The van der Waals surface area contributed by atoms with Crippen molar-refractivity contribution < 1.29 is 27.5 Å². The second-order valence-corrected chi connectivity index (χ2v) is 5.40. The van der Waals surface area contributed by atoms with Gasteiger partial charge in [0.05, 0.1) is 13.2 Å². The number of alkyl halides is 3. The van der Waals surface area contributed by atoms with Gasteiger partial charge in [0.1, 0.15) is 12.6 Å². The van der Waals surface area contributed by atoms with Crippen LogP contribution in [0.2, 0.25) is 0 Å². The van der Waals surface area contributed by atoms with Crippen LogP contribution in [-0.2, 0) is 9.53 Å². The lowest BCUT2D eigenvalue weighted by molar-refractivity contribution is -0.123. The lowest BCUT2D eigenvalue weighted by Gasteiger charge is -2.23. The summed E-state index contributed by atoms with van der Waals surface area (Å²) >= 11 is 0. The van der Waals surface area contributed by atoms with E-state index in [0.717, 1.165) is 0 Å². The molecule has 0 aliphatic carbocycles. The molecule has 24 heavy (non-hydrogen) atoms. The Kier molecular flexibility index (Phi) is 5.79. The summed E-state index contributed by atoms with van der Waals surface area (Å²) < 4.78 is 41.7. The number of nitrogens with one attached hydrogen (secondary N) is 3. The SMILES string of the molecule is Cc1ccc(C(=O)NCC(F)(F)F)cc1NC(=O)C1COCCN1. The Bertz CT molecular complexity index is 614. The molecule has 0 saturated carbocycles. The smallest absolute Gasteiger partial charge is 0.378 e. The number of rotatable bonds is 4. The molecule has 0 radical (unpaired) electrons. The summed E-state index contributed by atoms with van der Waals surface area (Å²) in [6.45, 7) is 1.62. The van der Waals surface area contributed by atoms with Gasteiger partial charge in [0, 0.05) is 17.8 Å². The van der Waals surface area contributed by atoms with E-state index in [9.17, 15) is 22.8 Å². The van der Waals surface area contributed by atoms with E-state index in [1.54, 1.807) is 18.3 Å². The predicted octanol–water partition coefficient (Wildman–Crippen LogP) is 1.21. The Morgan fingerprint density at radius 1 is 1.38 bits per heavy atom. The summed E-state index contributed by atoms with van der Waals surface area (Å²) in [6, 6.07) is 3.80. The Labute approximate surface area is 136 Å². The third-order valence-corrected chi connectivity index (χ3v) is 3.45. The monoisotopic (exact) mass is 345 g/mol. The van der Waals surface area contributed by atoms with Gasteiger partial charge in [-0.1, -0.05) is 6.07 Å². The van der Waals surface area contributed by atoms with Crippen LogP contribution in [0.25, 0.3) is 0 Å². The largest absolute Gasteiger partial charge is 0.405 e. The number of benzene rings is 1. The molecule has 0 bridgehead atoms. The van der Waals surface area contributed by atoms with Gasteiger partial charge in [-0.05, 0) is 24.6 Å². The van der Waals surface area contributed by atoms with Crippen LogP contribution >= 0.6 is 0 Å². The molecule has 9 heteroatoms. The van der Waals surface area contributed by atoms with Crippen LogP contribution in [-0.4, -0.2) is 50.3 Å². The van der Waals surface area contributed by atoms with Crippen LogP contribution in [0.1, 0.15) is 15.9 Å². The molecule has 0 spiro atoms. The third kappa shape index (κ3) is 5.20. The standard InChI is InChI=1S/C15H18F3N3O3/c1-9-2-3-10(13(22)20-8-15(16,17)18)6-11(9)21-14(23)12-7-24-5-4-19-12/h2-3,6,12,19H,4-5,7-8H2,1H3,(H,20,22)(H,21,23). The minimum atomic E-state index is -4.48. The Hall–Kier alpha value is -2.13. The van der Waals surface area contributed by atoms with Crippen molar-refractivity contribution in [3.63, 3.8) is 0 Å². The molecule has 1 aliphatic rings. The fraction of sp³-hybridized carbons (Fsp3) is 0.467. The molecule has 1 aromatic rings. The van der Waals surface area contributed by atoms with E-state index < -0.39 is 24.7 Å². The third-order valence-electron chi connectivity index (χ3n) is 3.45. The summed E-state index contributed by atoms with van der Waals surface area (Å²) in [6.07, 6.45) is -4.48. The molecule has 132 valence electrons. The van der Waals surface area contributed by atoms with Crippen LogP contribution in [0.3, 0.4) is 0 Å². The van der Waals surface area contributed by atoms with Crippen molar-refractivity contribution in [3.05, 3.63) is 29.3 Å². The zero-order chi connectivity index (χ0) is 17.7. The molecule has 2 rings (SSSR count). The van der Waals surface area contributed by atoms with Crippen molar-refractivity contribution in [2.75, 3.05) is 31.6 Å². The Balaban J connectivity index is 2.04. The fourth-order valence-electron chi connectivity index (χ4n) is 2.13. The van der Waals surface area contributed by atoms with Crippen LogP contribution in [0, 0.1) is 6.92 Å². The first-order valence-corrected chi connectivity index (χ1v) is 7.34. The highest BCUT2D eigenvalue weighted by atomic mass is 19.4. The van der Waals surface area contributed by atoms with E-state index in [-0.39, 0.29) is 18.1 Å². The zero-order valence-electron chi connectivity index (χ0n) is 13.0. The topological polar surface area (TPSA) is 79.5 Å². The molecule has 1 saturated heterocycles. The maximum absolute atomic E-state index is 12.2. The van der Waals surface area contributed by atoms with Crippen molar-refractivity contribution in [2.24, 2.45) is 0 Å². The summed E-state index contributed by atoms with van der Waals surface area (Å²) in [5.41, 5.74) is 1.09. The van der Waals surface area contributed by atoms with Gasteiger partial charge in [0.25, 0.3) is 5.91 Å². The second-order valence-electron chi connectivity index (χ2n) is 5.40. The number of anilines is 1. The van der Waals surface area contributed by atoms with Gasteiger partial charge >= 0.3 is 6.18 Å². The molecule has 1 fully saturated rings. The van der Waals surface area contributed by atoms with Gasteiger partial charge in [-0.2, -0.15) is 13.2 Å².